The molecular formula is C11H18N2. The maximum atomic E-state index is 3.34. The predicted octanol–water partition coefficient (Wildman–Crippen LogP) is 2.11. The van der Waals surface area contributed by atoms with Crippen molar-refractivity contribution in [3.63, 3.8) is 0 Å². The van der Waals surface area contributed by atoms with Crippen molar-refractivity contribution in [3.8, 4) is 0 Å². The quantitative estimate of drug-likeness (QED) is 0.633. The molecular weight excluding hydrogens is 160 g/mol. The molecule has 0 saturated heterocycles. The van der Waals surface area contributed by atoms with Crippen molar-refractivity contribution < 1.29 is 0 Å². The molecule has 2 N–H and O–H groups in total. The number of rotatable bonds is 2. The zero-order valence-corrected chi connectivity index (χ0v) is 8.27. The van der Waals surface area contributed by atoms with E-state index in [-0.39, 0.29) is 0 Å². The Bertz CT molecular complexity index is 240. The second-order valence-corrected chi connectivity index (χ2v) is 4.12. The van der Waals surface area contributed by atoms with Crippen molar-refractivity contribution in [2.75, 3.05) is 6.67 Å². The number of hydrogen-bond donors (Lipinski definition) is 2. The van der Waals surface area contributed by atoms with Gasteiger partial charge in [0.15, 0.2) is 0 Å². The van der Waals surface area contributed by atoms with Crippen LogP contribution >= 0.6 is 0 Å². The fourth-order valence-electron chi connectivity index (χ4n) is 2.04. The van der Waals surface area contributed by atoms with Crippen LogP contribution in [0.1, 0.15) is 32.6 Å². The lowest BCUT2D eigenvalue weighted by Gasteiger charge is -2.20. The van der Waals surface area contributed by atoms with Gasteiger partial charge in [-0.15, -0.1) is 0 Å². The molecule has 2 heteroatoms. The summed E-state index contributed by atoms with van der Waals surface area (Å²) in [5.74, 6) is 0.863. The number of allylic oxidation sites excluding steroid dienone is 3. The highest BCUT2D eigenvalue weighted by atomic mass is 15.1. The van der Waals surface area contributed by atoms with Crippen molar-refractivity contribution in [1.29, 1.82) is 0 Å². The van der Waals surface area contributed by atoms with E-state index >= 15 is 0 Å². The highest BCUT2D eigenvalue weighted by Crippen LogP contribution is 2.27. The fourth-order valence-corrected chi connectivity index (χ4v) is 2.04. The van der Waals surface area contributed by atoms with E-state index in [4.69, 9.17) is 0 Å². The van der Waals surface area contributed by atoms with E-state index in [2.05, 4.69) is 29.8 Å². The zero-order chi connectivity index (χ0) is 9.10. The standard InChI is InChI=1S/C11H18N2/c1-9-2-4-10(5-3-9)6-11-7-12-8-13-11/h2,7,10,12-13H,3-6,8H2,1H3. The normalized spacial score (nSPS) is 27.3. The Hall–Kier alpha value is -0.920. The van der Waals surface area contributed by atoms with Gasteiger partial charge >= 0.3 is 0 Å². The minimum atomic E-state index is 0.863. The lowest BCUT2D eigenvalue weighted by atomic mass is 9.87. The first-order valence-corrected chi connectivity index (χ1v) is 5.16. The molecule has 72 valence electrons. The summed E-state index contributed by atoms with van der Waals surface area (Å²) in [4.78, 5) is 0. The van der Waals surface area contributed by atoms with Crippen LogP contribution in [0.15, 0.2) is 23.5 Å². The Morgan fingerprint density at radius 3 is 3.08 bits per heavy atom. The van der Waals surface area contributed by atoms with Gasteiger partial charge < -0.3 is 10.6 Å². The summed E-state index contributed by atoms with van der Waals surface area (Å²) in [7, 11) is 0. The molecule has 0 radical (unpaired) electrons. The van der Waals surface area contributed by atoms with E-state index in [1.54, 1.807) is 5.57 Å². The monoisotopic (exact) mass is 178 g/mol. The van der Waals surface area contributed by atoms with Gasteiger partial charge in [0, 0.05) is 11.9 Å². The van der Waals surface area contributed by atoms with Gasteiger partial charge in [-0.25, -0.2) is 0 Å². The van der Waals surface area contributed by atoms with Crippen LogP contribution in [0.5, 0.6) is 0 Å². The molecule has 2 nitrogen and oxygen atoms in total. The van der Waals surface area contributed by atoms with Gasteiger partial charge in [-0.05, 0) is 38.5 Å². The second kappa shape index (κ2) is 3.86. The first-order valence-electron chi connectivity index (χ1n) is 5.16. The second-order valence-electron chi connectivity index (χ2n) is 4.12. The zero-order valence-electron chi connectivity index (χ0n) is 8.27. The molecule has 2 aliphatic rings. The summed E-state index contributed by atoms with van der Waals surface area (Å²) < 4.78 is 0. The Balaban J connectivity index is 1.82. The van der Waals surface area contributed by atoms with Crippen molar-refractivity contribution >= 4 is 0 Å². The maximum absolute atomic E-state index is 3.34. The largest absolute Gasteiger partial charge is 0.372 e. The Morgan fingerprint density at radius 1 is 1.54 bits per heavy atom. The van der Waals surface area contributed by atoms with Gasteiger partial charge in [0.05, 0.1) is 6.67 Å². The molecule has 0 amide bonds. The van der Waals surface area contributed by atoms with E-state index in [0.29, 0.717) is 0 Å². The van der Waals surface area contributed by atoms with Gasteiger partial charge in [0.25, 0.3) is 0 Å². The minimum Gasteiger partial charge on any atom is -0.372 e. The molecule has 0 saturated carbocycles. The minimum absolute atomic E-state index is 0.863. The Morgan fingerprint density at radius 2 is 2.46 bits per heavy atom. The molecule has 0 aromatic heterocycles. The molecule has 0 spiro atoms. The summed E-state index contributed by atoms with van der Waals surface area (Å²) >= 11 is 0. The van der Waals surface area contributed by atoms with Crippen LogP contribution in [0.3, 0.4) is 0 Å². The first-order chi connectivity index (χ1) is 6.34. The molecule has 1 aliphatic carbocycles. The molecule has 0 fully saturated rings. The van der Waals surface area contributed by atoms with Crippen molar-refractivity contribution in [3.05, 3.63) is 23.5 Å². The smallest absolute Gasteiger partial charge is 0.0843 e. The van der Waals surface area contributed by atoms with Gasteiger partial charge in [-0.2, -0.15) is 0 Å². The van der Waals surface area contributed by atoms with Crippen molar-refractivity contribution in [2.24, 2.45) is 5.92 Å². The molecule has 0 aromatic rings. The Labute approximate surface area is 80.1 Å². The van der Waals surface area contributed by atoms with Gasteiger partial charge in [0.1, 0.15) is 0 Å². The third-order valence-corrected chi connectivity index (χ3v) is 2.95. The molecule has 0 aromatic carbocycles. The molecule has 13 heavy (non-hydrogen) atoms. The molecule has 1 heterocycles. The predicted molar refractivity (Wildman–Crippen MR) is 54.9 cm³/mol. The summed E-state index contributed by atoms with van der Waals surface area (Å²) in [5, 5.41) is 6.53. The highest BCUT2D eigenvalue weighted by Gasteiger charge is 2.15. The third kappa shape index (κ3) is 2.27. The van der Waals surface area contributed by atoms with Gasteiger partial charge in [-0.3, -0.25) is 0 Å². The average Bonchev–Trinajstić information content (AvgIpc) is 2.62. The van der Waals surface area contributed by atoms with Crippen LogP contribution in [0, 0.1) is 5.92 Å². The highest BCUT2D eigenvalue weighted by molar-refractivity contribution is 5.08. The van der Waals surface area contributed by atoms with E-state index in [1.807, 2.05) is 0 Å². The summed E-state index contributed by atoms with van der Waals surface area (Å²) in [6, 6.07) is 0. The Kier molecular flexibility index (Phi) is 2.57. The van der Waals surface area contributed by atoms with Crippen LogP contribution in [0.25, 0.3) is 0 Å². The van der Waals surface area contributed by atoms with E-state index in [9.17, 15) is 0 Å². The number of hydrogen-bond acceptors (Lipinski definition) is 2. The average molecular weight is 178 g/mol. The molecule has 2 rings (SSSR count). The van der Waals surface area contributed by atoms with Gasteiger partial charge in [0.2, 0.25) is 0 Å². The van der Waals surface area contributed by atoms with E-state index < -0.39 is 0 Å². The molecule has 0 bridgehead atoms. The maximum Gasteiger partial charge on any atom is 0.0843 e. The summed E-state index contributed by atoms with van der Waals surface area (Å²) in [5.41, 5.74) is 2.96. The fraction of sp³-hybridized carbons (Fsp3) is 0.636. The lowest BCUT2D eigenvalue weighted by molar-refractivity contribution is 0.458. The number of nitrogens with one attached hydrogen (secondary N) is 2. The topological polar surface area (TPSA) is 24.1 Å². The van der Waals surface area contributed by atoms with Crippen LogP contribution < -0.4 is 10.6 Å². The van der Waals surface area contributed by atoms with Crippen LogP contribution in [-0.4, -0.2) is 6.67 Å². The summed E-state index contributed by atoms with van der Waals surface area (Å²) in [6.45, 7) is 3.15. The SMILES string of the molecule is CC1=CCC(CC2=CNCN2)CC1. The van der Waals surface area contributed by atoms with Crippen LogP contribution in [0.2, 0.25) is 0 Å². The molecule has 1 unspecified atom stereocenters. The summed E-state index contributed by atoms with van der Waals surface area (Å²) in [6.07, 6.45) is 9.66. The lowest BCUT2D eigenvalue weighted by Crippen LogP contribution is -2.16. The van der Waals surface area contributed by atoms with E-state index in [1.165, 1.54) is 31.4 Å². The van der Waals surface area contributed by atoms with Crippen LogP contribution in [0.4, 0.5) is 0 Å². The van der Waals surface area contributed by atoms with Crippen molar-refractivity contribution in [1.82, 2.24) is 10.6 Å². The first kappa shape index (κ1) is 8.67. The molecule has 1 atom stereocenters. The third-order valence-electron chi connectivity index (χ3n) is 2.95. The molecule has 1 aliphatic heterocycles. The van der Waals surface area contributed by atoms with Crippen LogP contribution in [-0.2, 0) is 0 Å². The van der Waals surface area contributed by atoms with E-state index in [0.717, 1.165) is 12.6 Å². The van der Waals surface area contributed by atoms with Gasteiger partial charge in [-0.1, -0.05) is 11.6 Å². The van der Waals surface area contributed by atoms with Crippen molar-refractivity contribution in [2.45, 2.75) is 32.6 Å².